The molecule has 5 heteroatoms. The maximum absolute atomic E-state index is 8.92. The van der Waals surface area contributed by atoms with Gasteiger partial charge in [0.2, 0.25) is 0 Å². The molecule has 108 valence electrons. The molecule has 1 atom stereocenters. The van der Waals surface area contributed by atoms with Crippen molar-refractivity contribution >= 4 is 5.71 Å². The summed E-state index contributed by atoms with van der Waals surface area (Å²) in [5, 5.41) is 12.3. The average molecular weight is 276 g/mol. The predicted octanol–water partition coefficient (Wildman–Crippen LogP) is 1.52. The summed E-state index contributed by atoms with van der Waals surface area (Å²) < 4.78 is 11.5. The van der Waals surface area contributed by atoms with E-state index < -0.39 is 0 Å². The fourth-order valence-electron chi connectivity index (χ4n) is 2.80. The Labute approximate surface area is 118 Å². The first kappa shape index (κ1) is 13.4. The Kier molecular flexibility index (Phi) is 3.89. The highest BCUT2D eigenvalue weighted by atomic mass is 16.5. The molecule has 1 aromatic rings. The third kappa shape index (κ3) is 2.78. The lowest BCUT2D eigenvalue weighted by Gasteiger charge is -2.29. The fraction of sp³-hybridized carbons (Fsp3) is 0.533. The van der Waals surface area contributed by atoms with Crippen LogP contribution in [0.3, 0.4) is 0 Å². The highest BCUT2D eigenvalue weighted by Crippen LogP contribution is 2.26. The molecule has 0 bridgehead atoms. The van der Waals surface area contributed by atoms with Gasteiger partial charge >= 0.3 is 0 Å². The van der Waals surface area contributed by atoms with Crippen LogP contribution in [0.25, 0.3) is 0 Å². The van der Waals surface area contributed by atoms with Gasteiger partial charge in [-0.15, -0.1) is 0 Å². The van der Waals surface area contributed by atoms with Crippen LogP contribution >= 0.6 is 0 Å². The zero-order chi connectivity index (χ0) is 13.9. The van der Waals surface area contributed by atoms with Crippen LogP contribution in [0, 0.1) is 0 Å². The zero-order valence-electron chi connectivity index (χ0n) is 11.7. The molecule has 3 rings (SSSR count). The Morgan fingerprint density at radius 1 is 1.45 bits per heavy atom. The van der Waals surface area contributed by atoms with Crippen molar-refractivity contribution < 1.29 is 14.7 Å². The molecule has 1 aliphatic heterocycles. The summed E-state index contributed by atoms with van der Waals surface area (Å²) in [6.07, 6.45) is 1.84. The molecule has 5 nitrogen and oxygen atoms in total. The van der Waals surface area contributed by atoms with E-state index in [1.807, 2.05) is 18.2 Å². The first-order valence-corrected chi connectivity index (χ1v) is 7.03. The number of ether oxygens (including phenoxy) is 2. The first-order chi connectivity index (χ1) is 9.76. The van der Waals surface area contributed by atoms with Crippen LogP contribution < -0.4 is 4.74 Å². The highest BCUT2D eigenvalue weighted by Gasteiger charge is 2.20. The number of hydrogen-bond acceptors (Lipinski definition) is 5. The van der Waals surface area contributed by atoms with Gasteiger partial charge in [-0.25, -0.2) is 0 Å². The summed E-state index contributed by atoms with van der Waals surface area (Å²) in [4.78, 5) is 2.25. The first-order valence-electron chi connectivity index (χ1n) is 7.03. The van der Waals surface area contributed by atoms with Gasteiger partial charge in [-0.1, -0.05) is 5.16 Å². The molecular formula is C15H20N2O3. The second kappa shape index (κ2) is 5.81. The number of oxime groups is 1. The van der Waals surface area contributed by atoms with Crippen molar-refractivity contribution in [2.75, 3.05) is 33.4 Å². The van der Waals surface area contributed by atoms with Gasteiger partial charge < -0.3 is 19.6 Å². The monoisotopic (exact) mass is 276 g/mol. The summed E-state index contributed by atoms with van der Waals surface area (Å²) in [5.41, 5.74) is 2.99. The van der Waals surface area contributed by atoms with E-state index >= 15 is 0 Å². The number of benzene rings is 1. The molecule has 20 heavy (non-hydrogen) atoms. The van der Waals surface area contributed by atoms with Crippen molar-refractivity contribution in [2.24, 2.45) is 5.16 Å². The molecule has 0 spiro atoms. The number of nitrogens with zero attached hydrogens (tertiary/aromatic N) is 2. The van der Waals surface area contributed by atoms with Gasteiger partial charge in [0, 0.05) is 18.7 Å². The number of hydrogen-bond donors (Lipinski definition) is 1. The van der Waals surface area contributed by atoms with Crippen LogP contribution in [0.15, 0.2) is 23.4 Å². The van der Waals surface area contributed by atoms with Gasteiger partial charge in [0.25, 0.3) is 0 Å². The Bertz CT molecular complexity index is 516. The Balaban J connectivity index is 1.61. The topological polar surface area (TPSA) is 54.3 Å². The number of fused-ring (bicyclic) bond motifs is 1. The Morgan fingerprint density at radius 3 is 3.15 bits per heavy atom. The minimum Gasteiger partial charge on any atom is -0.491 e. The second-order valence-electron chi connectivity index (χ2n) is 5.43. The molecule has 1 saturated heterocycles. The van der Waals surface area contributed by atoms with Crippen molar-refractivity contribution in [1.82, 2.24) is 4.90 Å². The predicted molar refractivity (Wildman–Crippen MR) is 75.8 cm³/mol. The van der Waals surface area contributed by atoms with Crippen molar-refractivity contribution in [3.63, 3.8) is 0 Å². The third-order valence-electron chi connectivity index (χ3n) is 3.92. The van der Waals surface area contributed by atoms with Gasteiger partial charge in [-0.05, 0) is 43.7 Å². The molecule has 1 unspecified atom stereocenters. The van der Waals surface area contributed by atoms with E-state index in [9.17, 15) is 0 Å². The van der Waals surface area contributed by atoms with Gasteiger partial charge in [-0.3, -0.25) is 0 Å². The number of rotatable bonds is 3. The van der Waals surface area contributed by atoms with E-state index in [0.29, 0.717) is 6.61 Å². The molecular weight excluding hydrogens is 256 g/mol. The summed E-state index contributed by atoms with van der Waals surface area (Å²) >= 11 is 0. The lowest BCUT2D eigenvalue weighted by molar-refractivity contribution is -0.0403. The van der Waals surface area contributed by atoms with E-state index in [0.717, 1.165) is 49.6 Å². The lowest BCUT2D eigenvalue weighted by Crippen LogP contribution is -2.42. The van der Waals surface area contributed by atoms with Gasteiger partial charge in [0.05, 0.1) is 12.3 Å². The van der Waals surface area contributed by atoms with Gasteiger partial charge in [0.15, 0.2) is 0 Å². The van der Waals surface area contributed by atoms with Crippen LogP contribution in [-0.4, -0.2) is 55.3 Å². The fourth-order valence-corrected chi connectivity index (χ4v) is 2.80. The van der Waals surface area contributed by atoms with Gasteiger partial charge in [0.1, 0.15) is 18.5 Å². The quantitative estimate of drug-likeness (QED) is 0.672. The molecule has 0 aromatic heterocycles. The van der Waals surface area contributed by atoms with Crippen LogP contribution in [-0.2, 0) is 11.2 Å². The summed E-state index contributed by atoms with van der Waals surface area (Å²) in [6.45, 7) is 3.24. The van der Waals surface area contributed by atoms with E-state index in [1.54, 1.807) is 0 Å². The molecule has 1 aromatic carbocycles. The molecule has 0 amide bonds. The zero-order valence-corrected chi connectivity index (χ0v) is 11.7. The number of aryl methyl sites for hydroxylation is 1. The molecule has 1 aliphatic carbocycles. The molecule has 1 N–H and O–H groups in total. The van der Waals surface area contributed by atoms with Crippen LogP contribution in [0.4, 0.5) is 0 Å². The molecule has 0 radical (unpaired) electrons. The standard InChI is InChI=1S/C15H20N2O3/c1-17-6-7-19-13(9-17)10-20-12-3-4-14-11(8-12)2-5-15(14)16-18/h3-4,8,13,18H,2,5-7,9-10H2,1H3/b16-15+. The normalized spacial score (nSPS) is 24.9. The van der Waals surface area contributed by atoms with Crippen LogP contribution in [0.2, 0.25) is 0 Å². The van der Waals surface area contributed by atoms with E-state index in [-0.39, 0.29) is 6.10 Å². The molecule has 1 fully saturated rings. The van der Waals surface area contributed by atoms with Crippen molar-refractivity contribution in [3.05, 3.63) is 29.3 Å². The van der Waals surface area contributed by atoms with E-state index in [1.165, 1.54) is 5.56 Å². The largest absolute Gasteiger partial charge is 0.491 e. The SMILES string of the molecule is CN1CCOC(COc2ccc3c(c2)CC/C3=N\O)C1. The van der Waals surface area contributed by atoms with E-state index in [4.69, 9.17) is 14.7 Å². The maximum atomic E-state index is 8.92. The maximum Gasteiger partial charge on any atom is 0.119 e. The second-order valence-corrected chi connectivity index (χ2v) is 5.43. The Morgan fingerprint density at radius 2 is 2.35 bits per heavy atom. The molecule has 2 aliphatic rings. The van der Waals surface area contributed by atoms with Gasteiger partial charge in [-0.2, -0.15) is 0 Å². The van der Waals surface area contributed by atoms with Crippen LogP contribution in [0.1, 0.15) is 17.5 Å². The number of morpholine rings is 1. The Hall–Kier alpha value is -1.59. The average Bonchev–Trinajstić information content (AvgIpc) is 2.87. The summed E-state index contributed by atoms with van der Waals surface area (Å²) in [6, 6.07) is 5.95. The molecule has 0 saturated carbocycles. The minimum atomic E-state index is 0.136. The molecule has 1 heterocycles. The van der Waals surface area contributed by atoms with Crippen LogP contribution in [0.5, 0.6) is 5.75 Å². The van der Waals surface area contributed by atoms with E-state index in [2.05, 4.69) is 17.1 Å². The third-order valence-corrected chi connectivity index (χ3v) is 3.92. The van der Waals surface area contributed by atoms with Crippen molar-refractivity contribution in [1.29, 1.82) is 0 Å². The minimum absolute atomic E-state index is 0.136. The summed E-state index contributed by atoms with van der Waals surface area (Å²) in [5.74, 6) is 0.861. The van der Waals surface area contributed by atoms with Crippen molar-refractivity contribution in [2.45, 2.75) is 18.9 Å². The number of likely N-dealkylation sites (N-methyl/N-ethyl adjacent to an activating group) is 1. The smallest absolute Gasteiger partial charge is 0.119 e. The highest BCUT2D eigenvalue weighted by molar-refractivity contribution is 6.04. The lowest BCUT2D eigenvalue weighted by atomic mass is 10.1. The summed E-state index contributed by atoms with van der Waals surface area (Å²) in [7, 11) is 2.10. The van der Waals surface area contributed by atoms with Crippen molar-refractivity contribution in [3.8, 4) is 5.75 Å².